The Labute approximate surface area is 295 Å². The third kappa shape index (κ3) is 7.08. The zero-order valence-corrected chi connectivity index (χ0v) is 31.2. The quantitative estimate of drug-likeness (QED) is 0.127. The Morgan fingerprint density at radius 2 is 1.35 bits per heavy atom. The number of esters is 1. The Morgan fingerprint density at radius 3 is 2.02 bits per heavy atom. The number of nitrogens with one attached hydrogen (secondary N) is 4. The van der Waals surface area contributed by atoms with Crippen LogP contribution in [0.2, 0.25) is 0 Å². The summed E-state index contributed by atoms with van der Waals surface area (Å²) in [7, 11) is 1.47. The molecule has 6 aliphatic rings. The van der Waals surface area contributed by atoms with Gasteiger partial charge in [-0.05, 0) is 79.4 Å². The number of rotatable bonds is 8. The van der Waals surface area contributed by atoms with Crippen LogP contribution in [0.1, 0.15) is 106 Å². The molecule has 0 aromatic carbocycles. The van der Waals surface area contributed by atoms with E-state index in [0.29, 0.717) is 73.0 Å². The van der Waals surface area contributed by atoms with Gasteiger partial charge in [0.15, 0.2) is 0 Å². The van der Waals surface area contributed by atoms with Gasteiger partial charge in [0, 0.05) is 73.5 Å². The summed E-state index contributed by atoms with van der Waals surface area (Å²) in [6, 6.07) is 2.42. The van der Waals surface area contributed by atoms with Crippen LogP contribution in [-0.2, 0) is 14.3 Å². The van der Waals surface area contributed by atoms with Crippen LogP contribution in [0.25, 0.3) is 0 Å². The van der Waals surface area contributed by atoms with Crippen molar-refractivity contribution >= 4 is 11.9 Å². The van der Waals surface area contributed by atoms with Crippen molar-refractivity contribution in [1.82, 2.24) is 21.3 Å². The van der Waals surface area contributed by atoms with Gasteiger partial charge in [0.25, 0.3) is 0 Å². The summed E-state index contributed by atoms with van der Waals surface area (Å²) < 4.78 is 5.12. The molecule has 9 nitrogen and oxygen atoms in total. The van der Waals surface area contributed by atoms with Gasteiger partial charge >= 0.3 is 11.9 Å². The van der Waals surface area contributed by atoms with E-state index in [9.17, 15) is 19.8 Å². The molecule has 9 heteroatoms. The van der Waals surface area contributed by atoms with Gasteiger partial charge in [0.2, 0.25) is 0 Å². The highest BCUT2D eigenvalue weighted by molar-refractivity contribution is 5.69. The van der Waals surface area contributed by atoms with Crippen molar-refractivity contribution in [2.24, 2.45) is 59.2 Å². The maximum atomic E-state index is 12.5. The molecular formula is C40H66N4O5. The number of methoxy groups -OCH3 is 1. The molecule has 8 bridgehead atoms. The van der Waals surface area contributed by atoms with Crippen molar-refractivity contribution in [2.45, 2.75) is 160 Å². The fraction of sp³-hybridized carbons (Fsp3) is 0.900. The molecule has 0 radical (unpaired) electrons. The highest BCUT2D eigenvalue weighted by Gasteiger charge is 2.59. The second-order valence-electron chi connectivity index (χ2n) is 17.2. The smallest absolute Gasteiger partial charge is 0.305 e. The Bertz CT molecular complexity index is 1240. The minimum atomic E-state index is -0.773. The molecule has 6 N–H and O–H groups in total. The second kappa shape index (κ2) is 15.5. The van der Waals surface area contributed by atoms with Gasteiger partial charge in [-0.15, -0.1) is 5.92 Å². The van der Waals surface area contributed by atoms with Crippen molar-refractivity contribution < 1.29 is 24.5 Å². The zero-order valence-electron chi connectivity index (χ0n) is 31.2. The van der Waals surface area contributed by atoms with E-state index in [1.54, 1.807) is 0 Å². The molecule has 5 heterocycles. The molecule has 0 aromatic heterocycles. The SMILES string of the molecule is CCC1C2CC3NC4C(CC(O)C4C3C)C3NC(C(C#CCCCC(=O)O)C4NC(CC(N2)C1C)C(CC)C4C)[C@@H](C)[C@@H]3CCC(=O)OC. The zero-order chi connectivity index (χ0) is 35.1. The average molecular weight is 683 g/mol. The standard InChI is InChI=1S/C40H66N4O5/c1-8-24-20(3)29-18-32-25(9-2)21(4)37(43-32)27(13-11-10-12-14-34(46)47)38-22(5)26(15-16-35(48)49-7)39(44-38)28-17-33(45)36-23(6)30(42-40(28)36)19-31(24)41-29/h20-33,36-45H,8-10,12,14-19H2,1-7H3,(H,46,47)/t20?,21?,22-,23?,24?,25?,26-,27?,28?,29?,30?,31?,32?,33?,36?,37?,38?,39?,40?/m0/s1. The lowest BCUT2D eigenvalue weighted by molar-refractivity contribution is -0.141. The summed E-state index contributed by atoms with van der Waals surface area (Å²) in [5, 5.41) is 37.7. The molecule has 5 saturated heterocycles. The highest BCUT2D eigenvalue weighted by Crippen LogP contribution is 2.51. The summed E-state index contributed by atoms with van der Waals surface area (Å²) in [6.45, 7) is 14.3. The Kier molecular flexibility index (Phi) is 11.7. The van der Waals surface area contributed by atoms with Gasteiger partial charge in [-0.3, -0.25) is 9.59 Å². The molecule has 1 saturated carbocycles. The number of fused-ring (bicyclic) bond motifs is 8. The van der Waals surface area contributed by atoms with Crippen molar-refractivity contribution in [1.29, 1.82) is 0 Å². The maximum absolute atomic E-state index is 12.5. The second-order valence-corrected chi connectivity index (χ2v) is 17.2. The van der Waals surface area contributed by atoms with E-state index in [4.69, 9.17) is 4.74 Å². The summed E-state index contributed by atoms with van der Waals surface area (Å²) in [6.07, 6.45) is 7.36. The molecule has 19 atom stereocenters. The summed E-state index contributed by atoms with van der Waals surface area (Å²) in [5.74, 6) is 9.97. The molecule has 1 aliphatic carbocycles. The topological polar surface area (TPSA) is 132 Å². The monoisotopic (exact) mass is 683 g/mol. The molecule has 49 heavy (non-hydrogen) atoms. The van der Waals surface area contributed by atoms with Gasteiger partial charge < -0.3 is 36.2 Å². The fourth-order valence-electron chi connectivity index (χ4n) is 12.5. The predicted molar refractivity (Wildman–Crippen MR) is 191 cm³/mol. The predicted octanol–water partition coefficient (Wildman–Crippen LogP) is 4.18. The van der Waals surface area contributed by atoms with Crippen LogP contribution in [0.5, 0.6) is 0 Å². The number of hydrogen-bond donors (Lipinski definition) is 6. The lowest BCUT2D eigenvalue weighted by Crippen LogP contribution is -2.51. The number of unbranched alkanes of at least 4 members (excludes halogenated alkanes) is 1. The molecule has 6 fully saturated rings. The van der Waals surface area contributed by atoms with E-state index in [2.05, 4.69) is 74.7 Å². The number of hydrogen-bond acceptors (Lipinski definition) is 8. The summed E-state index contributed by atoms with van der Waals surface area (Å²) >= 11 is 0. The lowest BCUT2D eigenvalue weighted by Gasteiger charge is -2.33. The van der Waals surface area contributed by atoms with Crippen LogP contribution < -0.4 is 21.3 Å². The first-order valence-corrected chi connectivity index (χ1v) is 20.0. The number of carbonyl (C=O) groups is 2. The van der Waals surface area contributed by atoms with Crippen molar-refractivity contribution in [3.8, 4) is 11.8 Å². The minimum absolute atomic E-state index is 0.0443. The van der Waals surface area contributed by atoms with Crippen molar-refractivity contribution in [2.75, 3.05) is 7.11 Å². The normalized spacial score (nSPS) is 48.7. The van der Waals surface area contributed by atoms with Crippen LogP contribution in [0.4, 0.5) is 0 Å². The van der Waals surface area contributed by atoms with Crippen LogP contribution in [0.15, 0.2) is 0 Å². The molecule has 276 valence electrons. The highest BCUT2D eigenvalue weighted by atomic mass is 16.5. The first-order chi connectivity index (χ1) is 23.5. The fourth-order valence-corrected chi connectivity index (χ4v) is 12.5. The van der Waals surface area contributed by atoms with E-state index in [-0.39, 0.29) is 72.3 Å². The van der Waals surface area contributed by atoms with Crippen LogP contribution in [0.3, 0.4) is 0 Å². The summed E-state index contributed by atoms with van der Waals surface area (Å²) in [4.78, 5) is 23.8. The number of carbonyl (C=O) groups excluding carboxylic acids is 1. The first-order valence-electron chi connectivity index (χ1n) is 20.0. The number of carboxylic acids is 1. The molecular weight excluding hydrogens is 616 g/mol. The number of aliphatic hydroxyl groups excluding tert-OH is 1. The van der Waals surface area contributed by atoms with E-state index < -0.39 is 5.97 Å². The van der Waals surface area contributed by atoms with Gasteiger partial charge in [-0.1, -0.05) is 60.3 Å². The molecule has 6 rings (SSSR count). The van der Waals surface area contributed by atoms with Gasteiger partial charge in [0.05, 0.1) is 19.1 Å². The van der Waals surface area contributed by atoms with Crippen molar-refractivity contribution in [3.63, 3.8) is 0 Å². The molecule has 0 aromatic rings. The third-order valence-corrected chi connectivity index (χ3v) is 15.1. The van der Waals surface area contributed by atoms with Crippen LogP contribution in [-0.4, -0.2) is 83.7 Å². The minimum Gasteiger partial charge on any atom is -0.481 e. The Hall–Kier alpha value is -1.70. The maximum Gasteiger partial charge on any atom is 0.305 e. The number of aliphatic hydroxyl groups is 1. The molecule has 17 unspecified atom stereocenters. The van der Waals surface area contributed by atoms with E-state index >= 15 is 0 Å². The van der Waals surface area contributed by atoms with E-state index in [1.807, 2.05) is 0 Å². The van der Waals surface area contributed by atoms with Crippen LogP contribution >= 0.6 is 0 Å². The van der Waals surface area contributed by atoms with E-state index in [0.717, 1.165) is 32.1 Å². The van der Waals surface area contributed by atoms with Gasteiger partial charge in [-0.25, -0.2) is 0 Å². The largest absolute Gasteiger partial charge is 0.481 e. The van der Waals surface area contributed by atoms with Crippen molar-refractivity contribution in [3.05, 3.63) is 0 Å². The average Bonchev–Trinajstić information content (AvgIpc) is 3.83. The molecule has 0 spiro atoms. The van der Waals surface area contributed by atoms with Crippen LogP contribution in [0, 0.1) is 71.0 Å². The molecule has 5 aliphatic heterocycles. The summed E-state index contributed by atoms with van der Waals surface area (Å²) in [5.41, 5.74) is 0. The number of aliphatic carboxylic acids is 1. The van der Waals surface area contributed by atoms with Gasteiger partial charge in [0.1, 0.15) is 0 Å². The Morgan fingerprint density at radius 1 is 0.735 bits per heavy atom. The number of carboxylic acid groups (broad SMARTS) is 1. The van der Waals surface area contributed by atoms with E-state index in [1.165, 1.54) is 13.5 Å². The Balaban J connectivity index is 1.40. The first kappa shape index (κ1) is 37.1. The third-order valence-electron chi connectivity index (χ3n) is 15.1. The number of ether oxygens (including phenoxy) is 1. The molecule has 0 amide bonds. The van der Waals surface area contributed by atoms with Gasteiger partial charge in [-0.2, -0.15) is 0 Å². The lowest BCUT2D eigenvalue weighted by atomic mass is 9.73.